The molecule has 1 aliphatic rings. The van der Waals surface area contributed by atoms with Crippen molar-refractivity contribution in [2.45, 2.75) is 26.6 Å². The van der Waals surface area contributed by atoms with Crippen LogP contribution in [0.1, 0.15) is 18.1 Å². The fourth-order valence-corrected chi connectivity index (χ4v) is 3.31. The Morgan fingerprint density at radius 2 is 1.92 bits per heavy atom. The van der Waals surface area contributed by atoms with Crippen molar-refractivity contribution in [3.05, 3.63) is 71.9 Å². The van der Waals surface area contributed by atoms with Crippen LogP contribution in [-0.4, -0.2) is 27.1 Å². The number of aromatic nitrogens is 2. The maximum atomic E-state index is 12.9. The predicted octanol–water partition coefficient (Wildman–Crippen LogP) is 3.49. The molecule has 1 amide bonds. The lowest BCUT2D eigenvalue weighted by molar-refractivity contribution is -0.132. The van der Waals surface area contributed by atoms with E-state index >= 15 is 0 Å². The standard InChI is InChI=1S/C21H21N3O2/c1-2-23(13-16-8-4-3-5-9-16)20(25)14-24-21-17(12-22-24)15-26-19-11-7-6-10-18(19)21/h3-12H,2,13-15H2,1H3. The van der Waals surface area contributed by atoms with Gasteiger partial charge in [-0.3, -0.25) is 9.48 Å². The van der Waals surface area contributed by atoms with E-state index in [9.17, 15) is 4.79 Å². The Kier molecular flexibility index (Phi) is 4.44. The lowest BCUT2D eigenvalue weighted by Crippen LogP contribution is -2.33. The van der Waals surface area contributed by atoms with Gasteiger partial charge < -0.3 is 9.64 Å². The number of fused-ring (bicyclic) bond motifs is 3. The molecule has 0 saturated carbocycles. The molecule has 3 aromatic rings. The van der Waals surface area contributed by atoms with Crippen LogP contribution in [0.25, 0.3) is 11.3 Å². The molecule has 2 aromatic carbocycles. The van der Waals surface area contributed by atoms with Gasteiger partial charge in [0.25, 0.3) is 0 Å². The molecule has 0 fully saturated rings. The minimum absolute atomic E-state index is 0.0613. The summed E-state index contributed by atoms with van der Waals surface area (Å²) in [6, 6.07) is 17.9. The maximum absolute atomic E-state index is 12.9. The number of benzene rings is 2. The van der Waals surface area contributed by atoms with Gasteiger partial charge in [0.15, 0.2) is 0 Å². The van der Waals surface area contributed by atoms with Crippen molar-refractivity contribution < 1.29 is 9.53 Å². The highest BCUT2D eigenvalue weighted by Gasteiger charge is 2.23. The summed E-state index contributed by atoms with van der Waals surface area (Å²) in [5, 5.41) is 4.45. The molecule has 5 heteroatoms. The van der Waals surface area contributed by atoms with Gasteiger partial charge in [0, 0.05) is 24.2 Å². The first-order valence-corrected chi connectivity index (χ1v) is 8.85. The lowest BCUT2D eigenvalue weighted by Gasteiger charge is -2.23. The van der Waals surface area contributed by atoms with Crippen LogP contribution in [0.3, 0.4) is 0 Å². The highest BCUT2D eigenvalue weighted by Crippen LogP contribution is 2.37. The van der Waals surface area contributed by atoms with Gasteiger partial charge in [-0.1, -0.05) is 42.5 Å². The Morgan fingerprint density at radius 1 is 1.15 bits per heavy atom. The highest BCUT2D eigenvalue weighted by atomic mass is 16.5. The van der Waals surface area contributed by atoms with Gasteiger partial charge in [0.2, 0.25) is 5.91 Å². The van der Waals surface area contributed by atoms with Crippen LogP contribution < -0.4 is 4.74 Å². The molecule has 132 valence electrons. The number of nitrogens with zero attached hydrogens (tertiary/aromatic N) is 3. The van der Waals surface area contributed by atoms with E-state index in [1.807, 2.05) is 66.4 Å². The summed E-state index contributed by atoms with van der Waals surface area (Å²) in [5.41, 5.74) is 4.12. The van der Waals surface area contributed by atoms with E-state index in [1.165, 1.54) is 0 Å². The fraction of sp³-hybridized carbons (Fsp3) is 0.238. The number of amides is 1. The number of hydrogen-bond donors (Lipinski definition) is 0. The maximum Gasteiger partial charge on any atom is 0.244 e. The Balaban J connectivity index is 1.57. The van der Waals surface area contributed by atoms with Crippen molar-refractivity contribution in [1.29, 1.82) is 0 Å². The zero-order valence-corrected chi connectivity index (χ0v) is 14.8. The Hall–Kier alpha value is -3.08. The molecule has 0 atom stereocenters. The second-order valence-electron chi connectivity index (χ2n) is 6.35. The number of ether oxygens (including phenoxy) is 1. The molecular weight excluding hydrogens is 326 g/mol. The molecule has 4 rings (SSSR count). The molecule has 0 radical (unpaired) electrons. The van der Waals surface area contributed by atoms with Gasteiger partial charge in [-0.05, 0) is 24.6 Å². The van der Waals surface area contributed by atoms with Crippen LogP contribution in [0.2, 0.25) is 0 Å². The van der Waals surface area contributed by atoms with E-state index in [4.69, 9.17) is 4.74 Å². The van der Waals surface area contributed by atoms with Gasteiger partial charge in [0.1, 0.15) is 18.9 Å². The molecular formula is C21H21N3O2. The first kappa shape index (κ1) is 16.4. The van der Waals surface area contributed by atoms with Gasteiger partial charge in [-0.2, -0.15) is 5.10 Å². The van der Waals surface area contributed by atoms with Crippen LogP contribution in [0.5, 0.6) is 5.75 Å². The number of carbonyl (C=O) groups is 1. The second kappa shape index (κ2) is 7.04. The first-order chi connectivity index (χ1) is 12.8. The molecule has 0 aliphatic carbocycles. The van der Waals surface area contributed by atoms with Crippen molar-refractivity contribution in [2.24, 2.45) is 0 Å². The topological polar surface area (TPSA) is 47.4 Å². The third-order valence-corrected chi connectivity index (χ3v) is 4.68. The summed E-state index contributed by atoms with van der Waals surface area (Å²) in [6.07, 6.45) is 1.80. The number of likely N-dealkylation sites (N-methyl/N-ethyl adjacent to an activating group) is 1. The van der Waals surface area contributed by atoms with Crippen molar-refractivity contribution in [2.75, 3.05) is 6.54 Å². The molecule has 0 unspecified atom stereocenters. The summed E-state index contributed by atoms with van der Waals surface area (Å²) >= 11 is 0. The summed E-state index contributed by atoms with van der Waals surface area (Å²) in [6.45, 7) is 3.99. The van der Waals surface area contributed by atoms with Gasteiger partial charge in [-0.25, -0.2) is 0 Å². The molecule has 1 aromatic heterocycles. The van der Waals surface area contributed by atoms with Gasteiger partial charge >= 0.3 is 0 Å². The van der Waals surface area contributed by atoms with Crippen molar-refractivity contribution in [3.63, 3.8) is 0 Å². The zero-order chi connectivity index (χ0) is 17.9. The third-order valence-electron chi connectivity index (χ3n) is 4.68. The monoisotopic (exact) mass is 347 g/mol. The summed E-state index contributed by atoms with van der Waals surface area (Å²) < 4.78 is 7.57. The normalized spacial score (nSPS) is 12.0. The molecule has 1 aliphatic heterocycles. The van der Waals surface area contributed by atoms with E-state index < -0.39 is 0 Å². The fourth-order valence-electron chi connectivity index (χ4n) is 3.31. The molecule has 0 bridgehead atoms. The van der Waals surface area contributed by atoms with Gasteiger partial charge in [0.05, 0.1) is 11.9 Å². The van der Waals surface area contributed by atoms with E-state index in [0.29, 0.717) is 19.7 Å². The van der Waals surface area contributed by atoms with Crippen LogP contribution in [0.4, 0.5) is 0 Å². The quantitative estimate of drug-likeness (QED) is 0.710. The SMILES string of the molecule is CCN(Cc1ccccc1)C(=O)Cn1ncc2c1-c1ccccc1OC2. The van der Waals surface area contributed by atoms with E-state index in [-0.39, 0.29) is 12.5 Å². The minimum atomic E-state index is 0.0613. The van der Waals surface area contributed by atoms with Crippen molar-refractivity contribution in [1.82, 2.24) is 14.7 Å². The van der Waals surface area contributed by atoms with Crippen LogP contribution in [0, 0.1) is 0 Å². The summed E-state index contributed by atoms with van der Waals surface area (Å²) in [5.74, 6) is 0.900. The van der Waals surface area contributed by atoms with E-state index in [0.717, 1.165) is 28.1 Å². The molecule has 0 N–H and O–H groups in total. The number of rotatable bonds is 5. The summed E-state index contributed by atoms with van der Waals surface area (Å²) in [7, 11) is 0. The number of carbonyl (C=O) groups excluding carboxylic acids is 1. The number of hydrogen-bond acceptors (Lipinski definition) is 3. The Labute approximate surface area is 152 Å². The first-order valence-electron chi connectivity index (χ1n) is 8.85. The molecule has 26 heavy (non-hydrogen) atoms. The minimum Gasteiger partial charge on any atom is -0.488 e. The average Bonchev–Trinajstić information content (AvgIpc) is 3.10. The zero-order valence-electron chi connectivity index (χ0n) is 14.8. The Bertz CT molecular complexity index is 918. The van der Waals surface area contributed by atoms with Crippen molar-refractivity contribution in [3.8, 4) is 17.0 Å². The molecule has 5 nitrogen and oxygen atoms in total. The second-order valence-corrected chi connectivity index (χ2v) is 6.35. The predicted molar refractivity (Wildman–Crippen MR) is 99.5 cm³/mol. The highest BCUT2D eigenvalue weighted by molar-refractivity contribution is 5.78. The third kappa shape index (κ3) is 3.08. The summed E-state index contributed by atoms with van der Waals surface area (Å²) in [4.78, 5) is 14.7. The number of para-hydroxylation sites is 1. The van der Waals surface area contributed by atoms with E-state index in [2.05, 4.69) is 5.10 Å². The van der Waals surface area contributed by atoms with Crippen molar-refractivity contribution >= 4 is 5.91 Å². The van der Waals surface area contributed by atoms with Crippen LogP contribution in [-0.2, 0) is 24.5 Å². The van der Waals surface area contributed by atoms with Crippen LogP contribution in [0.15, 0.2) is 60.8 Å². The van der Waals surface area contributed by atoms with E-state index in [1.54, 1.807) is 10.9 Å². The Morgan fingerprint density at radius 3 is 2.73 bits per heavy atom. The molecule has 2 heterocycles. The molecule has 0 saturated heterocycles. The molecule has 0 spiro atoms. The average molecular weight is 347 g/mol. The van der Waals surface area contributed by atoms with Gasteiger partial charge in [-0.15, -0.1) is 0 Å². The van der Waals surface area contributed by atoms with Crippen LogP contribution >= 0.6 is 0 Å². The largest absolute Gasteiger partial charge is 0.488 e. The lowest BCUT2D eigenvalue weighted by atomic mass is 10.0. The smallest absolute Gasteiger partial charge is 0.244 e.